The molecule has 9 rings (SSSR count). The highest BCUT2D eigenvalue weighted by atomic mass is 32.1. The molecule has 272 valence electrons. The molecule has 1 fully saturated rings. The van der Waals surface area contributed by atoms with E-state index in [4.69, 9.17) is 4.74 Å². The van der Waals surface area contributed by atoms with Crippen LogP contribution in [-0.4, -0.2) is 12.4 Å². The molecular weight excluding hydrogens is 777 g/mol. The molecular formula is C43H22F4N4O2S3. The molecule has 0 bridgehead atoms. The molecule has 2 aromatic carbocycles. The molecule has 56 heavy (non-hydrogen) atoms. The molecule has 0 unspecified atom stereocenters. The monoisotopic (exact) mass is 798 g/mol. The second-order valence-electron chi connectivity index (χ2n) is 13.9. The fourth-order valence-corrected chi connectivity index (χ4v) is 12.9. The Morgan fingerprint density at radius 1 is 0.696 bits per heavy atom. The third-order valence-electron chi connectivity index (χ3n) is 11.0. The van der Waals surface area contributed by atoms with E-state index in [1.54, 1.807) is 28.7 Å². The summed E-state index contributed by atoms with van der Waals surface area (Å²) in [7, 11) is 0. The lowest BCUT2D eigenvalue weighted by atomic mass is 9.67. The Balaban J connectivity index is 1.17. The first kappa shape index (κ1) is 35.8. The zero-order valence-electron chi connectivity index (χ0n) is 28.9. The summed E-state index contributed by atoms with van der Waals surface area (Å²) in [4.78, 5) is 15.7. The van der Waals surface area contributed by atoms with E-state index in [9.17, 15) is 43.4 Å². The maximum absolute atomic E-state index is 14.5. The Kier molecular flexibility index (Phi) is 8.54. The van der Waals surface area contributed by atoms with Gasteiger partial charge in [-0.25, -0.2) is 17.6 Å². The summed E-state index contributed by atoms with van der Waals surface area (Å²) in [5.74, 6) is -5.08. The fourth-order valence-electron chi connectivity index (χ4n) is 8.56. The fraction of sp³-hybridized carbons (Fsp3) is 0.186. The number of carbonyl (C=O) groups excluding carboxylic acids is 1. The molecule has 4 heterocycles. The van der Waals surface area contributed by atoms with Gasteiger partial charge in [0.05, 0.1) is 27.3 Å². The summed E-state index contributed by atoms with van der Waals surface area (Å²) >= 11 is 4.80. The molecule has 3 aliphatic carbocycles. The Morgan fingerprint density at radius 3 is 2.04 bits per heavy atom. The number of hydrogen-bond acceptors (Lipinski definition) is 9. The van der Waals surface area contributed by atoms with Crippen molar-refractivity contribution >= 4 is 81.9 Å². The Hall–Kier alpha value is -5.93. The van der Waals surface area contributed by atoms with E-state index in [0.29, 0.717) is 11.1 Å². The lowest BCUT2D eigenvalue weighted by molar-refractivity contribution is 0.104. The quantitative estimate of drug-likeness (QED) is 0.0996. The van der Waals surface area contributed by atoms with Crippen LogP contribution in [0.25, 0.3) is 42.1 Å². The summed E-state index contributed by atoms with van der Waals surface area (Å²) in [5.41, 5.74) is 2.26. The molecule has 1 spiro atoms. The van der Waals surface area contributed by atoms with Crippen LogP contribution in [0.1, 0.15) is 74.5 Å². The molecule has 0 N–H and O–H groups in total. The number of halogens is 4. The second kappa shape index (κ2) is 13.4. The number of benzene rings is 2. The minimum Gasteiger partial charge on any atom is -0.372 e. The number of allylic oxidation sites excluding steroid dienone is 6. The topological polar surface area (TPSA) is 121 Å². The molecule has 5 aromatic rings. The molecule has 1 saturated carbocycles. The van der Waals surface area contributed by atoms with E-state index in [1.165, 1.54) is 16.9 Å². The number of hydrogen-bond donors (Lipinski definition) is 0. The standard InChI is InChI=1S/C43H22F4N4O2S3/c44-30-7-20-18-53-19-21(36(22(14-48)15-49)26(20)11-31(30)45)6-25-10-35-40(54-25)42-41(56-35)38-34(55-42)9-24(43(38)4-2-1-3-5-43)8-29-37(23(16-50)17-51)27-12-32(46)33(47)13-28(27)39(29)52/h6-13H,1-5,18-19H2/b21-6+,29-8-. The number of ether oxygens (including phenoxy) is 1. The van der Waals surface area contributed by atoms with Gasteiger partial charge >= 0.3 is 0 Å². The largest absolute Gasteiger partial charge is 0.372 e. The average Bonchev–Trinajstić information content (AvgIpc) is 3.93. The summed E-state index contributed by atoms with van der Waals surface area (Å²) in [5, 5.41) is 39.4. The first-order valence-electron chi connectivity index (χ1n) is 17.4. The van der Waals surface area contributed by atoms with Crippen LogP contribution in [-0.2, 0) is 16.8 Å². The molecule has 0 amide bonds. The van der Waals surface area contributed by atoms with Gasteiger partial charge in [-0.15, -0.1) is 34.0 Å². The number of thiophene rings is 3. The predicted molar refractivity (Wildman–Crippen MR) is 207 cm³/mol. The van der Waals surface area contributed by atoms with Crippen LogP contribution in [0.15, 0.2) is 64.3 Å². The van der Waals surface area contributed by atoms with E-state index in [-0.39, 0.29) is 57.8 Å². The van der Waals surface area contributed by atoms with Gasteiger partial charge in [0.2, 0.25) is 0 Å². The average molecular weight is 799 g/mol. The van der Waals surface area contributed by atoms with Crippen molar-refractivity contribution in [3.05, 3.63) is 125 Å². The number of nitrogens with zero attached hydrogens (tertiary/aromatic N) is 4. The van der Waals surface area contributed by atoms with Crippen molar-refractivity contribution in [3.8, 4) is 24.3 Å². The highest BCUT2D eigenvalue weighted by Crippen LogP contribution is 2.60. The van der Waals surface area contributed by atoms with Crippen LogP contribution in [0.2, 0.25) is 0 Å². The molecule has 0 radical (unpaired) electrons. The van der Waals surface area contributed by atoms with Crippen molar-refractivity contribution in [2.24, 2.45) is 0 Å². The van der Waals surface area contributed by atoms with Crippen LogP contribution in [0.3, 0.4) is 0 Å². The van der Waals surface area contributed by atoms with Crippen LogP contribution in [0.4, 0.5) is 17.6 Å². The van der Waals surface area contributed by atoms with E-state index in [2.05, 4.69) is 6.08 Å². The van der Waals surface area contributed by atoms with Crippen LogP contribution >= 0.6 is 34.0 Å². The highest BCUT2D eigenvalue weighted by molar-refractivity contribution is 7.39. The smallest absolute Gasteiger partial charge is 0.194 e. The van der Waals surface area contributed by atoms with Gasteiger partial charge in [-0.2, -0.15) is 21.0 Å². The van der Waals surface area contributed by atoms with E-state index in [1.807, 2.05) is 36.4 Å². The van der Waals surface area contributed by atoms with Crippen molar-refractivity contribution in [3.63, 3.8) is 0 Å². The van der Waals surface area contributed by atoms with Crippen molar-refractivity contribution in [2.75, 3.05) is 6.61 Å². The summed E-state index contributed by atoms with van der Waals surface area (Å²) in [6.45, 7) is -0.0154. The second-order valence-corrected chi connectivity index (χ2v) is 17.1. The Bertz CT molecular complexity index is 2960. The molecule has 6 nitrogen and oxygen atoms in total. The van der Waals surface area contributed by atoms with Crippen LogP contribution < -0.4 is 0 Å². The van der Waals surface area contributed by atoms with Gasteiger partial charge in [0.1, 0.15) is 35.4 Å². The maximum atomic E-state index is 14.5. The highest BCUT2D eigenvalue weighted by Gasteiger charge is 2.46. The first-order valence-corrected chi connectivity index (χ1v) is 19.9. The first-order chi connectivity index (χ1) is 27.1. The third-order valence-corrected chi connectivity index (χ3v) is 14.8. The van der Waals surface area contributed by atoms with E-state index >= 15 is 0 Å². The number of nitriles is 4. The summed E-state index contributed by atoms with van der Waals surface area (Å²) in [6.07, 6.45) is 10.1. The minimum absolute atomic E-state index is 0.00830. The molecule has 3 aromatic heterocycles. The third kappa shape index (κ3) is 5.28. The minimum atomic E-state index is -1.19. The number of carbonyl (C=O) groups is 1. The Morgan fingerprint density at radius 2 is 1.34 bits per heavy atom. The van der Waals surface area contributed by atoms with E-state index < -0.39 is 34.5 Å². The van der Waals surface area contributed by atoms with Crippen molar-refractivity contribution in [1.29, 1.82) is 21.0 Å². The molecule has 0 saturated heterocycles. The van der Waals surface area contributed by atoms with Crippen LogP contribution in [0.5, 0.6) is 0 Å². The predicted octanol–water partition coefficient (Wildman–Crippen LogP) is 11.4. The maximum Gasteiger partial charge on any atom is 0.194 e. The van der Waals surface area contributed by atoms with Crippen molar-refractivity contribution < 1.29 is 27.1 Å². The number of rotatable bonds is 2. The molecule has 1 aliphatic heterocycles. The van der Waals surface area contributed by atoms with Gasteiger partial charge in [0, 0.05) is 42.2 Å². The van der Waals surface area contributed by atoms with Gasteiger partial charge in [0.25, 0.3) is 0 Å². The van der Waals surface area contributed by atoms with Crippen LogP contribution in [0, 0.1) is 68.6 Å². The molecule has 13 heteroatoms. The van der Waals surface area contributed by atoms with Gasteiger partial charge in [-0.05, 0) is 94.8 Å². The SMILES string of the molecule is N#CC(C#N)=C1/C(=C/c2cc3sc4c5c(sc4c3s2)C=C(/C=C2\C(=O)c3cc(F)c(F)cc3C2=C(C#N)C#N)C52CCCCC2)COCc2cc(F)c(F)cc21. The summed E-state index contributed by atoms with van der Waals surface area (Å²) in [6, 6.07) is 13.3. The van der Waals surface area contributed by atoms with Crippen molar-refractivity contribution in [1.82, 2.24) is 0 Å². The summed E-state index contributed by atoms with van der Waals surface area (Å²) < 4.78 is 67.6. The number of Topliss-reactive ketones (excluding diaryl/α,β-unsaturated/α-hetero) is 1. The van der Waals surface area contributed by atoms with Gasteiger partial charge < -0.3 is 4.74 Å². The zero-order chi connectivity index (χ0) is 39.0. The van der Waals surface area contributed by atoms with Gasteiger partial charge in [0.15, 0.2) is 29.1 Å². The molecule has 4 aliphatic rings. The molecule has 0 atom stereocenters. The van der Waals surface area contributed by atoms with Gasteiger partial charge in [-0.1, -0.05) is 19.3 Å². The lowest BCUT2D eigenvalue weighted by Gasteiger charge is -2.36. The van der Waals surface area contributed by atoms with E-state index in [0.717, 1.165) is 90.5 Å². The van der Waals surface area contributed by atoms with Crippen molar-refractivity contribution in [2.45, 2.75) is 44.1 Å². The normalized spacial score (nSPS) is 18.4. The Labute approximate surface area is 328 Å². The van der Waals surface area contributed by atoms with Gasteiger partial charge in [-0.3, -0.25) is 4.79 Å². The number of ketones is 1. The zero-order valence-corrected chi connectivity index (χ0v) is 31.4. The lowest BCUT2D eigenvalue weighted by Crippen LogP contribution is -2.28. The number of fused-ring (bicyclic) bond motifs is 8.